The van der Waals surface area contributed by atoms with Gasteiger partial charge in [0.1, 0.15) is 0 Å². The molecule has 1 unspecified atom stereocenters. The molecule has 0 saturated heterocycles. The van der Waals surface area contributed by atoms with Crippen molar-refractivity contribution >= 4 is 29.3 Å². The molecule has 1 rings (SSSR count). The third-order valence-corrected chi connectivity index (χ3v) is 3.57. The molecule has 88 valence electrons. The van der Waals surface area contributed by atoms with Gasteiger partial charge < -0.3 is 10.5 Å². The average Bonchev–Trinajstić information content (AvgIpc) is 2.29. The first-order chi connectivity index (χ1) is 7.67. The van der Waals surface area contributed by atoms with E-state index < -0.39 is 0 Å². The van der Waals surface area contributed by atoms with Crippen molar-refractivity contribution in [2.75, 3.05) is 19.4 Å². The fourth-order valence-electron chi connectivity index (χ4n) is 1.23. The predicted molar refractivity (Wildman–Crippen MR) is 67.7 cm³/mol. The van der Waals surface area contributed by atoms with Gasteiger partial charge in [-0.15, -0.1) is 11.8 Å². The van der Waals surface area contributed by atoms with E-state index in [9.17, 15) is 4.79 Å². The highest BCUT2D eigenvalue weighted by Gasteiger charge is 2.12. The van der Waals surface area contributed by atoms with Gasteiger partial charge >= 0.3 is 5.97 Å². The summed E-state index contributed by atoms with van der Waals surface area (Å²) in [5, 5.41) is 0.743. The molecule has 0 heterocycles. The van der Waals surface area contributed by atoms with E-state index >= 15 is 0 Å². The molecule has 2 N–H and O–H groups in total. The molecule has 0 aliphatic carbocycles. The Morgan fingerprint density at radius 2 is 2.38 bits per heavy atom. The number of hydrogen-bond acceptors (Lipinski definition) is 4. The first-order valence-electron chi connectivity index (χ1n) is 4.81. The highest BCUT2D eigenvalue weighted by Crippen LogP contribution is 2.29. The van der Waals surface area contributed by atoms with Crippen molar-refractivity contribution in [3.8, 4) is 0 Å². The quantitative estimate of drug-likeness (QED) is 0.824. The van der Waals surface area contributed by atoms with E-state index in [-0.39, 0.29) is 11.2 Å². The number of nitrogens with two attached hydrogens (primary N) is 1. The van der Waals surface area contributed by atoms with Crippen LogP contribution >= 0.6 is 23.4 Å². The van der Waals surface area contributed by atoms with Crippen LogP contribution in [0.2, 0.25) is 5.02 Å². The maximum atomic E-state index is 11.0. The monoisotopic (exact) mass is 259 g/mol. The minimum Gasteiger partial charge on any atom is -0.468 e. The summed E-state index contributed by atoms with van der Waals surface area (Å²) in [7, 11) is 1.37. The minimum atomic E-state index is -0.245. The summed E-state index contributed by atoms with van der Waals surface area (Å²) in [6.07, 6.45) is 0. The SMILES string of the molecule is COC(=O)CSC(CN)c1cccc(Cl)c1. The van der Waals surface area contributed by atoms with Crippen LogP contribution in [-0.4, -0.2) is 25.4 Å². The summed E-state index contributed by atoms with van der Waals surface area (Å²) in [4.78, 5) is 11.0. The van der Waals surface area contributed by atoms with Crippen molar-refractivity contribution in [3.63, 3.8) is 0 Å². The van der Waals surface area contributed by atoms with Gasteiger partial charge in [0.15, 0.2) is 0 Å². The number of methoxy groups -OCH3 is 1. The second-order valence-corrected chi connectivity index (χ2v) is 4.79. The number of thioether (sulfide) groups is 1. The third-order valence-electron chi connectivity index (χ3n) is 2.06. The van der Waals surface area contributed by atoms with Gasteiger partial charge in [-0.2, -0.15) is 0 Å². The maximum Gasteiger partial charge on any atom is 0.315 e. The molecule has 16 heavy (non-hydrogen) atoms. The molecule has 0 aromatic heterocycles. The first kappa shape index (κ1) is 13.4. The average molecular weight is 260 g/mol. The van der Waals surface area contributed by atoms with Crippen LogP contribution in [0.4, 0.5) is 0 Å². The molecule has 5 heteroatoms. The summed E-state index contributed by atoms with van der Waals surface area (Å²) < 4.78 is 4.58. The standard InChI is InChI=1S/C11H14ClNO2S/c1-15-11(14)7-16-10(6-13)8-3-2-4-9(12)5-8/h2-5,10H,6-7,13H2,1H3. The van der Waals surface area contributed by atoms with Crippen molar-refractivity contribution in [1.82, 2.24) is 0 Å². The lowest BCUT2D eigenvalue weighted by Gasteiger charge is -2.14. The van der Waals surface area contributed by atoms with E-state index in [0.717, 1.165) is 5.56 Å². The zero-order chi connectivity index (χ0) is 12.0. The number of hydrogen-bond donors (Lipinski definition) is 1. The molecule has 0 aliphatic heterocycles. The Bertz CT molecular complexity index is 360. The van der Waals surface area contributed by atoms with Gasteiger partial charge in [-0.25, -0.2) is 0 Å². The van der Waals surface area contributed by atoms with E-state index in [0.29, 0.717) is 17.3 Å². The number of rotatable bonds is 5. The molecule has 0 saturated carbocycles. The van der Waals surface area contributed by atoms with E-state index in [1.54, 1.807) is 0 Å². The molecule has 0 bridgehead atoms. The Balaban J connectivity index is 2.64. The zero-order valence-electron chi connectivity index (χ0n) is 8.98. The second kappa shape index (κ2) is 6.78. The first-order valence-corrected chi connectivity index (χ1v) is 6.24. The van der Waals surface area contributed by atoms with Crippen molar-refractivity contribution < 1.29 is 9.53 Å². The zero-order valence-corrected chi connectivity index (χ0v) is 10.6. The lowest BCUT2D eigenvalue weighted by Crippen LogP contribution is -2.13. The van der Waals surface area contributed by atoms with Crippen LogP contribution in [0.25, 0.3) is 0 Å². The van der Waals surface area contributed by atoms with Gasteiger partial charge in [0.05, 0.1) is 12.9 Å². The summed E-state index contributed by atoms with van der Waals surface area (Å²) in [6.45, 7) is 0.460. The number of halogens is 1. The van der Waals surface area contributed by atoms with Crippen molar-refractivity contribution in [3.05, 3.63) is 34.9 Å². The molecule has 1 aromatic rings. The van der Waals surface area contributed by atoms with Gasteiger partial charge in [0.2, 0.25) is 0 Å². The molecular weight excluding hydrogens is 246 g/mol. The van der Waals surface area contributed by atoms with E-state index in [4.69, 9.17) is 17.3 Å². The molecule has 0 radical (unpaired) electrons. The largest absolute Gasteiger partial charge is 0.468 e. The smallest absolute Gasteiger partial charge is 0.315 e. The molecule has 0 spiro atoms. The number of carbonyl (C=O) groups excluding carboxylic acids is 1. The fraction of sp³-hybridized carbons (Fsp3) is 0.364. The number of benzene rings is 1. The fourth-order valence-corrected chi connectivity index (χ4v) is 2.36. The maximum absolute atomic E-state index is 11.0. The molecule has 3 nitrogen and oxygen atoms in total. The summed E-state index contributed by atoms with van der Waals surface area (Å²) in [5.74, 6) is 0.0516. The summed E-state index contributed by atoms with van der Waals surface area (Å²) >= 11 is 7.35. The lowest BCUT2D eigenvalue weighted by molar-refractivity contribution is -0.137. The highest BCUT2D eigenvalue weighted by atomic mass is 35.5. The Morgan fingerprint density at radius 3 is 2.94 bits per heavy atom. The van der Waals surface area contributed by atoms with Crippen LogP contribution in [-0.2, 0) is 9.53 Å². The molecule has 1 atom stereocenters. The van der Waals surface area contributed by atoms with Crippen molar-refractivity contribution in [1.29, 1.82) is 0 Å². The van der Waals surface area contributed by atoms with Gasteiger partial charge in [-0.3, -0.25) is 4.79 Å². The molecule has 0 aliphatic rings. The van der Waals surface area contributed by atoms with Gasteiger partial charge in [0, 0.05) is 16.8 Å². The molecule has 0 amide bonds. The van der Waals surface area contributed by atoms with E-state index in [2.05, 4.69) is 4.74 Å². The molecule has 1 aromatic carbocycles. The third kappa shape index (κ3) is 4.04. The van der Waals surface area contributed by atoms with Gasteiger partial charge in [0.25, 0.3) is 0 Å². The van der Waals surface area contributed by atoms with Gasteiger partial charge in [-0.05, 0) is 17.7 Å². The Morgan fingerprint density at radius 1 is 1.62 bits per heavy atom. The van der Waals surface area contributed by atoms with E-state index in [1.807, 2.05) is 24.3 Å². The topological polar surface area (TPSA) is 52.3 Å². The van der Waals surface area contributed by atoms with Gasteiger partial charge in [-0.1, -0.05) is 23.7 Å². The lowest BCUT2D eigenvalue weighted by atomic mass is 10.1. The Labute approximate surface area is 104 Å². The highest BCUT2D eigenvalue weighted by molar-refractivity contribution is 8.00. The van der Waals surface area contributed by atoms with Crippen LogP contribution in [0.5, 0.6) is 0 Å². The number of esters is 1. The van der Waals surface area contributed by atoms with Crippen LogP contribution in [0.1, 0.15) is 10.8 Å². The van der Waals surface area contributed by atoms with Crippen LogP contribution in [0.15, 0.2) is 24.3 Å². The number of carbonyl (C=O) groups is 1. The van der Waals surface area contributed by atoms with E-state index in [1.165, 1.54) is 18.9 Å². The number of ether oxygens (including phenoxy) is 1. The second-order valence-electron chi connectivity index (χ2n) is 3.17. The molecular formula is C11H14ClNO2S. The van der Waals surface area contributed by atoms with Crippen LogP contribution in [0, 0.1) is 0 Å². The summed E-state index contributed by atoms with van der Waals surface area (Å²) in [5.41, 5.74) is 6.70. The van der Waals surface area contributed by atoms with Crippen molar-refractivity contribution in [2.45, 2.75) is 5.25 Å². The Kier molecular flexibility index (Phi) is 5.66. The Hall–Kier alpha value is -0.710. The van der Waals surface area contributed by atoms with Crippen molar-refractivity contribution in [2.24, 2.45) is 5.73 Å². The molecule has 0 fully saturated rings. The predicted octanol–water partition coefficient (Wildman–Crippen LogP) is 2.25. The van der Waals surface area contributed by atoms with Crippen LogP contribution in [0.3, 0.4) is 0 Å². The minimum absolute atomic E-state index is 0.0674. The normalized spacial score (nSPS) is 12.2. The summed E-state index contributed by atoms with van der Waals surface area (Å²) in [6, 6.07) is 7.50. The van der Waals surface area contributed by atoms with Crippen LogP contribution < -0.4 is 5.73 Å².